The maximum Gasteiger partial charge on any atom is 0.142 e. The van der Waals surface area contributed by atoms with Crippen molar-refractivity contribution >= 4 is 17.3 Å². The van der Waals surface area contributed by atoms with Gasteiger partial charge in [-0.15, -0.1) is 0 Å². The van der Waals surface area contributed by atoms with Crippen molar-refractivity contribution in [3.8, 4) is 5.75 Å². The molecule has 0 aromatic heterocycles. The van der Waals surface area contributed by atoms with Gasteiger partial charge in [0.05, 0.1) is 5.69 Å². The maximum absolute atomic E-state index is 5.80. The lowest BCUT2D eigenvalue weighted by Gasteiger charge is -2.08. The summed E-state index contributed by atoms with van der Waals surface area (Å²) in [6.07, 6.45) is 0. The zero-order chi connectivity index (χ0) is 13.4. The van der Waals surface area contributed by atoms with Gasteiger partial charge in [-0.1, -0.05) is 55.8 Å². The third kappa shape index (κ3) is 4.30. The van der Waals surface area contributed by atoms with Gasteiger partial charge in [-0.25, -0.2) is 0 Å². The Morgan fingerprint density at radius 1 is 1.06 bits per heavy atom. The Labute approximate surface area is 113 Å². The number of rotatable bonds is 3. The van der Waals surface area contributed by atoms with Crippen LogP contribution >= 0.6 is 11.6 Å². The molecule has 96 valence electrons. The van der Waals surface area contributed by atoms with Crippen LogP contribution in [0, 0.1) is 0 Å². The fourth-order valence-electron chi connectivity index (χ4n) is 1.39. The number of nitrogen functional groups attached to an aromatic ring is 1. The highest BCUT2D eigenvalue weighted by atomic mass is 35.5. The first-order valence-electron chi connectivity index (χ1n) is 5.97. The minimum Gasteiger partial charge on any atom is -0.487 e. The van der Waals surface area contributed by atoms with E-state index in [1.165, 1.54) is 0 Å². The van der Waals surface area contributed by atoms with E-state index in [0.717, 1.165) is 5.56 Å². The average Bonchev–Trinajstić information content (AvgIpc) is 2.41. The molecule has 2 N–H and O–H groups in total. The Balaban J connectivity index is 0.000000771. The van der Waals surface area contributed by atoms with Crippen LogP contribution in [0.2, 0.25) is 5.02 Å². The SMILES string of the molecule is CC.Nc1cc(Cl)ccc1OCc1ccccc1. The van der Waals surface area contributed by atoms with E-state index >= 15 is 0 Å². The quantitative estimate of drug-likeness (QED) is 0.826. The van der Waals surface area contributed by atoms with Crippen molar-refractivity contribution in [1.29, 1.82) is 0 Å². The number of benzene rings is 2. The lowest BCUT2D eigenvalue weighted by atomic mass is 10.2. The number of hydrogen-bond acceptors (Lipinski definition) is 2. The molecule has 0 saturated heterocycles. The van der Waals surface area contributed by atoms with Crippen molar-refractivity contribution in [2.24, 2.45) is 0 Å². The summed E-state index contributed by atoms with van der Waals surface area (Å²) in [7, 11) is 0. The molecule has 0 aliphatic rings. The molecule has 0 radical (unpaired) electrons. The lowest BCUT2D eigenvalue weighted by Crippen LogP contribution is -1.98. The Hall–Kier alpha value is -1.67. The molecule has 3 heteroatoms. The Morgan fingerprint density at radius 2 is 1.72 bits per heavy atom. The molecule has 18 heavy (non-hydrogen) atoms. The molecule has 0 saturated carbocycles. The van der Waals surface area contributed by atoms with E-state index in [2.05, 4.69) is 0 Å². The van der Waals surface area contributed by atoms with Crippen LogP contribution in [0.3, 0.4) is 0 Å². The number of halogens is 1. The van der Waals surface area contributed by atoms with Crippen LogP contribution < -0.4 is 10.5 Å². The van der Waals surface area contributed by atoms with E-state index < -0.39 is 0 Å². The van der Waals surface area contributed by atoms with Gasteiger partial charge in [-0.3, -0.25) is 0 Å². The second kappa shape index (κ2) is 7.62. The predicted octanol–water partition coefficient (Wildman–Crippen LogP) is 4.53. The summed E-state index contributed by atoms with van der Waals surface area (Å²) in [5.74, 6) is 0.660. The molecule has 0 amide bonds. The van der Waals surface area contributed by atoms with E-state index in [0.29, 0.717) is 23.1 Å². The fourth-order valence-corrected chi connectivity index (χ4v) is 1.57. The molecule has 0 bridgehead atoms. The maximum atomic E-state index is 5.80. The summed E-state index contributed by atoms with van der Waals surface area (Å²) < 4.78 is 5.59. The van der Waals surface area contributed by atoms with E-state index in [1.54, 1.807) is 18.2 Å². The number of hydrogen-bond donors (Lipinski definition) is 1. The van der Waals surface area contributed by atoms with Crippen molar-refractivity contribution in [3.63, 3.8) is 0 Å². The fraction of sp³-hybridized carbons (Fsp3) is 0.200. The van der Waals surface area contributed by atoms with Crippen molar-refractivity contribution < 1.29 is 4.74 Å². The van der Waals surface area contributed by atoms with Gasteiger partial charge in [0.2, 0.25) is 0 Å². The summed E-state index contributed by atoms with van der Waals surface area (Å²) in [5, 5.41) is 0.615. The molecule has 2 aromatic rings. The molecule has 2 aromatic carbocycles. The normalized spacial score (nSPS) is 9.28. The smallest absolute Gasteiger partial charge is 0.142 e. The van der Waals surface area contributed by atoms with E-state index in [9.17, 15) is 0 Å². The van der Waals surface area contributed by atoms with E-state index in [4.69, 9.17) is 22.1 Å². The Kier molecular flexibility index (Phi) is 6.09. The first-order valence-corrected chi connectivity index (χ1v) is 6.35. The Bertz CT molecular complexity index is 471. The molecule has 2 nitrogen and oxygen atoms in total. The van der Waals surface area contributed by atoms with Crippen molar-refractivity contribution in [2.45, 2.75) is 20.5 Å². The van der Waals surface area contributed by atoms with Gasteiger partial charge in [0.25, 0.3) is 0 Å². The van der Waals surface area contributed by atoms with Gasteiger partial charge in [-0.05, 0) is 23.8 Å². The third-order valence-corrected chi connectivity index (χ3v) is 2.44. The number of anilines is 1. The molecule has 0 heterocycles. The highest BCUT2D eigenvalue weighted by Gasteiger charge is 2.01. The van der Waals surface area contributed by atoms with Crippen LogP contribution in [0.5, 0.6) is 5.75 Å². The molecule has 0 spiro atoms. The molecule has 2 rings (SSSR count). The summed E-state index contributed by atoms with van der Waals surface area (Å²) in [6.45, 7) is 4.51. The van der Waals surface area contributed by atoms with Crippen LogP contribution in [-0.2, 0) is 6.61 Å². The minimum atomic E-state index is 0.507. The zero-order valence-corrected chi connectivity index (χ0v) is 11.4. The summed E-state index contributed by atoms with van der Waals surface area (Å²) in [6, 6.07) is 15.2. The summed E-state index contributed by atoms with van der Waals surface area (Å²) in [5.41, 5.74) is 7.44. The van der Waals surface area contributed by atoms with E-state index in [1.807, 2.05) is 44.2 Å². The largest absolute Gasteiger partial charge is 0.487 e. The minimum absolute atomic E-state index is 0.507. The molecular weight excluding hydrogens is 246 g/mol. The Morgan fingerprint density at radius 3 is 2.33 bits per heavy atom. The van der Waals surface area contributed by atoms with Crippen molar-refractivity contribution in [1.82, 2.24) is 0 Å². The average molecular weight is 264 g/mol. The monoisotopic (exact) mass is 263 g/mol. The molecule has 0 aliphatic carbocycles. The van der Waals surface area contributed by atoms with Gasteiger partial charge in [-0.2, -0.15) is 0 Å². The van der Waals surface area contributed by atoms with Gasteiger partial charge in [0.1, 0.15) is 12.4 Å². The van der Waals surface area contributed by atoms with Crippen LogP contribution in [0.25, 0.3) is 0 Å². The van der Waals surface area contributed by atoms with Crippen LogP contribution in [0.15, 0.2) is 48.5 Å². The zero-order valence-electron chi connectivity index (χ0n) is 10.7. The van der Waals surface area contributed by atoms with Crippen LogP contribution in [0.1, 0.15) is 19.4 Å². The second-order valence-corrected chi connectivity index (χ2v) is 3.89. The molecule has 0 aliphatic heterocycles. The van der Waals surface area contributed by atoms with Gasteiger partial charge < -0.3 is 10.5 Å². The van der Waals surface area contributed by atoms with Crippen LogP contribution in [-0.4, -0.2) is 0 Å². The lowest BCUT2D eigenvalue weighted by molar-refractivity contribution is 0.308. The summed E-state index contributed by atoms with van der Waals surface area (Å²) in [4.78, 5) is 0. The number of nitrogens with two attached hydrogens (primary N) is 1. The number of ether oxygens (including phenoxy) is 1. The van der Waals surface area contributed by atoms with Crippen LogP contribution in [0.4, 0.5) is 5.69 Å². The first kappa shape index (κ1) is 14.4. The highest BCUT2D eigenvalue weighted by Crippen LogP contribution is 2.25. The molecular formula is C15H18ClNO. The first-order chi connectivity index (χ1) is 8.75. The van der Waals surface area contributed by atoms with Crippen molar-refractivity contribution in [2.75, 3.05) is 5.73 Å². The predicted molar refractivity (Wildman–Crippen MR) is 78.0 cm³/mol. The topological polar surface area (TPSA) is 35.2 Å². The highest BCUT2D eigenvalue weighted by molar-refractivity contribution is 6.30. The van der Waals surface area contributed by atoms with Crippen molar-refractivity contribution in [3.05, 3.63) is 59.1 Å². The molecule has 0 atom stereocenters. The molecule has 0 fully saturated rings. The second-order valence-electron chi connectivity index (χ2n) is 3.46. The van der Waals surface area contributed by atoms with Gasteiger partial charge >= 0.3 is 0 Å². The molecule has 0 unspecified atom stereocenters. The van der Waals surface area contributed by atoms with E-state index in [-0.39, 0.29) is 0 Å². The standard InChI is InChI=1S/C13H12ClNO.C2H6/c14-11-6-7-13(12(15)8-11)16-9-10-4-2-1-3-5-10;1-2/h1-8H,9,15H2;1-2H3. The van der Waals surface area contributed by atoms with Gasteiger partial charge in [0, 0.05) is 5.02 Å². The third-order valence-electron chi connectivity index (χ3n) is 2.21. The van der Waals surface area contributed by atoms with Gasteiger partial charge in [0.15, 0.2) is 0 Å². The summed E-state index contributed by atoms with van der Waals surface area (Å²) >= 11 is 5.80.